The minimum absolute atomic E-state index is 0.0613. The predicted octanol–water partition coefficient (Wildman–Crippen LogP) is 3.31. The molecular formula is C13H8F2N2O4. The number of carboxylic acid groups (broad SMARTS) is 1. The molecule has 0 aliphatic rings. The summed E-state index contributed by atoms with van der Waals surface area (Å²) in [4.78, 5) is 20.6. The Bertz CT molecular complexity index is 734. The van der Waals surface area contributed by atoms with Gasteiger partial charge in [0.2, 0.25) is 5.82 Å². The van der Waals surface area contributed by atoms with Crippen LogP contribution in [0.15, 0.2) is 36.4 Å². The number of carbonyl (C=O) groups is 1. The number of rotatable bonds is 4. The molecule has 0 aliphatic heterocycles. The lowest BCUT2D eigenvalue weighted by Crippen LogP contribution is -2.03. The molecule has 0 atom stereocenters. The fourth-order valence-electron chi connectivity index (χ4n) is 1.72. The van der Waals surface area contributed by atoms with Gasteiger partial charge < -0.3 is 10.4 Å². The van der Waals surface area contributed by atoms with E-state index in [4.69, 9.17) is 5.11 Å². The molecule has 0 spiro atoms. The molecular weight excluding hydrogens is 286 g/mol. The highest BCUT2D eigenvalue weighted by Crippen LogP contribution is 2.30. The summed E-state index contributed by atoms with van der Waals surface area (Å²) in [5, 5.41) is 22.0. The summed E-state index contributed by atoms with van der Waals surface area (Å²) < 4.78 is 26.9. The van der Waals surface area contributed by atoms with Gasteiger partial charge in [-0.2, -0.15) is 4.39 Å². The maximum Gasteiger partial charge on any atom is 0.338 e. The van der Waals surface area contributed by atoms with E-state index in [0.717, 1.165) is 18.2 Å². The highest BCUT2D eigenvalue weighted by molar-refractivity contribution is 5.88. The second kappa shape index (κ2) is 5.53. The highest BCUT2D eigenvalue weighted by atomic mass is 19.1. The number of nitrogens with one attached hydrogen (secondary N) is 1. The van der Waals surface area contributed by atoms with Gasteiger partial charge in [0.15, 0.2) is 0 Å². The molecule has 2 aromatic carbocycles. The van der Waals surface area contributed by atoms with Crippen molar-refractivity contribution in [1.29, 1.82) is 0 Å². The lowest BCUT2D eigenvalue weighted by atomic mass is 10.2. The van der Waals surface area contributed by atoms with Crippen molar-refractivity contribution < 1.29 is 23.6 Å². The molecule has 0 bridgehead atoms. The van der Waals surface area contributed by atoms with Gasteiger partial charge in [-0.1, -0.05) is 6.07 Å². The van der Waals surface area contributed by atoms with E-state index in [-0.39, 0.29) is 11.4 Å². The van der Waals surface area contributed by atoms with Crippen molar-refractivity contribution in [2.24, 2.45) is 0 Å². The first-order valence-electron chi connectivity index (χ1n) is 5.63. The monoisotopic (exact) mass is 294 g/mol. The molecule has 0 unspecified atom stereocenters. The Morgan fingerprint density at radius 2 is 1.90 bits per heavy atom. The fraction of sp³-hybridized carbons (Fsp3) is 0. The molecule has 0 aliphatic carbocycles. The Labute approximate surface area is 116 Å². The number of anilines is 2. The van der Waals surface area contributed by atoms with Gasteiger partial charge in [0.25, 0.3) is 0 Å². The van der Waals surface area contributed by atoms with Gasteiger partial charge in [0.1, 0.15) is 11.5 Å². The van der Waals surface area contributed by atoms with E-state index >= 15 is 0 Å². The molecule has 2 N–H and O–H groups in total. The van der Waals surface area contributed by atoms with Crippen LogP contribution in [0.2, 0.25) is 0 Å². The second-order valence-electron chi connectivity index (χ2n) is 4.02. The topological polar surface area (TPSA) is 92.5 Å². The fourth-order valence-corrected chi connectivity index (χ4v) is 1.72. The number of aromatic carboxylic acids is 1. The normalized spacial score (nSPS) is 10.2. The van der Waals surface area contributed by atoms with E-state index in [9.17, 15) is 23.7 Å². The van der Waals surface area contributed by atoms with Crippen molar-refractivity contribution in [2.45, 2.75) is 0 Å². The van der Waals surface area contributed by atoms with E-state index in [1.165, 1.54) is 18.2 Å². The Kier molecular flexibility index (Phi) is 3.79. The van der Waals surface area contributed by atoms with Crippen molar-refractivity contribution >= 4 is 23.0 Å². The van der Waals surface area contributed by atoms with E-state index in [1.807, 2.05) is 0 Å². The van der Waals surface area contributed by atoms with Crippen molar-refractivity contribution in [3.8, 4) is 0 Å². The molecule has 6 nitrogen and oxygen atoms in total. The summed E-state index contributed by atoms with van der Waals surface area (Å²) in [5.74, 6) is -3.48. The first-order chi connectivity index (χ1) is 9.90. The molecule has 0 heterocycles. The second-order valence-corrected chi connectivity index (χ2v) is 4.02. The van der Waals surface area contributed by atoms with Crippen molar-refractivity contribution in [1.82, 2.24) is 0 Å². The maximum atomic E-state index is 13.5. The van der Waals surface area contributed by atoms with Crippen LogP contribution in [0, 0.1) is 21.7 Å². The Morgan fingerprint density at radius 1 is 1.19 bits per heavy atom. The average molecular weight is 294 g/mol. The maximum absolute atomic E-state index is 13.5. The van der Waals surface area contributed by atoms with Gasteiger partial charge in [-0.05, 0) is 30.3 Å². The van der Waals surface area contributed by atoms with Gasteiger partial charge in [0, 0.05) is 5.69 Å². The van der Waals surface area contributed by atoms with Gasteiger partial charge in [-0.25, -0.2) is 9.18 Å². The van der Waals surface area contributed by atoms with Crippen molar-refractivity contribution in [2.75, 3.05) is 5.32 Å². The molecule has 0 saturated carbocycles. The molecule has 0 saturated heterocycles. The summed E-state index contributed by atoms with van der Waals surface area (Å²) in [6.07, 6.45) is 0. The van der Waals surface area contributed by atoms with Crippen LogP contribution in [0.5, 0.6) is 0 Å². The number of para-hydroxylation sites is 1. The smallest absolute Gasteiger partial charge is 0.338 e. The minimum atomic E-state index is -1.43. The van der Waals surface area contributed by atoms with Crippen LogP contribution in [0.25, 0.3) is 0 Å². The van der Waals surface area contributed by atoms with Gasteiger partial charge in [0.05, 0.1) is 10.5 Å². The van der Waals surface area contributed by atoms with Crippen LogP contribution in [0.3, 0.4) is 0 Å². The number of hydrogen-bond donors (Lipinski definition) is 2. The van der Waals surface area contributed by atoms with Crippen LogP contribution in [0.1, 0.15) is 10.4 Å². The van der Waals surface area contributed by atoms with E-state index in [1.54, 1.807) is 0 Å². The van der Waals surface area contributed by atoms with E-state index in [2.05, 4.69) is 5.32 Å². The summed E-state index contributed by atoms with van der Waals surface area (Å²) >= 11 is 0. The molecule has 0 radical (unpaired) electrons. The number of nitro groups is 1. The van der Waals surface area contributed by atoms with E-state index in [0.29, 0.717) is 0 Å². The van der Waals surface area contributed by atoms with Crippen LogP contribution >= 0.6 is 0 Å². The number of halogens is 2. The Hall–Kier alpha value is -3.03. The van der Waals surface area contributed by atoms with Gasteiger partial charge in [-0.15, -0.1) is 0 Å². The lowest BCUT2D eigenvalue weighted by molar-refractivity contribution is -0.386. The molecule has 21 heavy (non-hydrogen) atoms. The Morgan fingerprint density at radius 3 is 2.48 bits per heavy atom. The van der Waals surface area contributed by atoms with Crippen LogP contribution < -0.4 is 5.32 Å². The zero-order valence-corrected chi connectivity index (χ0v) is 10.3. The summed E-state index contributed by atoms with van der Waals surface area (Å²) in [5.41, 5.74) is -1.41. The molecule has 2 rings (SSSR count). The molecule has 8 heteroatoms. The van der Waals surface area contributed by atoms with E-state index < -0.39 is 33.8 Å². The van der Waals surface area contributed by atoms with Gasteiger partial charge >= 0.3 is 11.7 Å². The number of carboxylic acids is 1. The van der Waals surface area contributed by atoms with Crippen molar-refractivity contribution in [3.05, 3.63) is 63.7 Å². The molecule has 0 aromatic heterocycles. The molecule has 0 fully saturated rings. The molecule has 2 aromatic rings. The third-order valence-electron chi connectivity index (χ3n) is 2.65. The quantitative estimate of drug-likeness (QED) is 0.666. The zero-order chi connectivity index (χ0) is 15.6. The lowest BCUT2D eigenvalue weighted by Gasteiger charge is -2.08. The highest BCUT2D eigenvalue weighted by Gasteiger charge is 2.20. The van der Waals surface area contributed by atoms with Gasteiger partial charge in [-0.3, -0.25) is 10.1 Å². The minimum Gasteiger partial charge on any atom is -0.478 e. The zero-order valence-electron chi connectivity index (χ0n) is 10.3. The summed E-state index contributed by atoms with van der Waals surface area (Å²) in [7, 11) is 0. The predicted molar refractivity (Wildman–Crippen MR) is 69.7 cm³/mol. The largest absolute Gasteiger partial charge is 0.478 e. The summed E-state index contributed by atoms with van der Waals surface area (Å²) in [6, 6.07) is 6.53. The van der Waals surface area contributed by atoms with Crippen molar-refractivity contribution in [3.63, 3.8) is 0 Å². The molecule has 108 valence electrons. The first kappa shape index (κ1) is 14.4. The first-order valence-corrected chi connectivity index (χ1v) is 5.63. The third-order valence-corrected chi connectivity index (χ3v) is 2.65. The number of nitro benzene ring substituents is 1. The average Bonchev–Trinajstić information content (AvgIpc) is 2.37. The van der Waals surface area contributed by atoms with Crippen LogP contribution in [-0.4, -0.2) is 16.0 Å². The standard InChI is InChI=1S/C13H8F2N2O4/c14-9-2-1-3-11(12(9)17(20)21)16-7-4-5-8(13(18)19)10(15)6-7/h1-6,16H,(H,18,19). The number of nitrogens with zero attached hydrogens (tertiary/aromatic N) is 1. The number of benzene rings is 2. The third kappa shape index (κ3) is 2.94. The SMILES string of the molecule is O=C(O)c1ccc(Nc2cccc(F)c2[N+](=O)[O-])cc1F. The number of hydrogen-bond acceptors (Lipinski definition) is 4. The Balaban J connectivity index is 2.39. The summed E-state index contributed by atoms with van der Waals surface area (Å²) in [6.45, 7) is 0. The van der Waals surface area contributed by atoms with Crippen LogP contribution in [0.4, 0.5) is 25.8 Å². The molecule has 0 amide bonds. The van der Waals surface area contributed by atoms with Crippen LogP contribution in [-0.2, 0) is 0 Å².